The van der Waals surface area contributed by atoms with Crippen molar-refractivity contribution in [3.05, 3.63) is 6.92 Å². The fourth-order valence-corrected chi connectivity index (χ4v) is 1.63. The first-order valence-electron chi connectivity index (χ1n) is 6.12. The van der Waals surface area contributed by atoms with Crippen LogP contribution in [0.5, 0.6) is 0 Å². The first kappa shape index (κ1) is 17.9. The van der Waals surface area contributed by atoms with Gasteiger partial charge < -0.3 is 11.7 Å². The van der Waals surface area contributed by atoms with Crippen molar-refractivity contribution in [2.24, 2.45) is 0 Å². The van der Waals surface area contributed by atoms with E-state index in [0.717, 1.165) is 6.42 Å². The Morgan fingerprint density at radius 2 is 1.27 bits per heavy atom. The Balaban J connectivity index is 0. The molecule has 2 heteroatoms. The molecule has 0 amide bonds. The molecule has 0 N–H and O–H groups in total. The third-order valence-corrected chi connectivity index (χ3v) is 2.56. The van der Waals surface area contributed by atoms with Crippen LogP contribution in [0.15, 0.2) is 0 Å². The molecule has 84 valence electrons. The summed E-state index contributed by atoms with van der Waals surface area (Å²) >= 11 is 0. The van der Waals surface area contributed by atoms with Crippen molar-refractivity contribution in [3.8, 4) is 0 Å². The second kappa shape index (κ2) is 14.5. The van der Waals surface area contributed by atoms with Crippen molar-refractivity contribution in [2.75, 3.05) is 0 Å². The third-order valence-electron chi connectivity index (χ3n) is 2.56. The van der Waals surface area contributed by atoms with E-state index >= 15 is 0 Å². The molecule has 0 unspecified atom stereocenters. The molecule has 0 heterocycles. The van der Waals surface area contributed by atoms with Gasteiger partial charge in [-0.1, -0.05) is 58.3 Å². The Morgan fingerprint density at radius 3 is 1.67 bits per heavy atom. The van der Waals surface area contributed by atoms with Gasteiger partial charge in [0.15, 0.2) is 0 Å². The summed E-state index contributed by atoms with van der Waals surface area (Å²) < 4.78 is 0. The van der Waals surface area contributed by atoms with Crippen LogP contribution in [0.1, 0.15) is 71.1 Å². The van der Waals surface area contributed by atoms with Crippen LogP contribution in [-0.2, 0) is 4.79 Å². The summed E-state index contributed by atoms with van der Waals surface area (Å²) in [4.78, 5) is 10.5. The quantitative estimate of drug-likeness (QED) is 0.308. The maximum Gasteiger partial charge on any atom is 1.00 e. The van der Waals surface area contributed by atoms with Crippen molar-refractivity contribution in [1.29, 1.82) is 0 Å². The monoisotopic (exact) mass is 220 g/mol. The molecule has 15 heavy (non-hydrogen) atoms. The number of hydrogen-bond acceptors (Lipinski definition) is 1. The number of carbonyl (C=O) groups excluding carboxylic acids is 1. The normalized spacial score (nSPS) is 9.67. The molecule has 0 fully saturated rings. The van der Waals surface area contributed by atoms with E-state index in [1.54, 1.807) is 0 Å². The molecule has 0 bridgehead atoms. The first-order valence-corrected chi connectivity index (χ1v) is 6.12. The van der Waals surface area contributed by atoms with E-state index in [4.69, 9.17) is 0 Å². The number of ketones is 1. The van der Waals surface area contributed by atoms with Crippen molar-refractivity contribution in [3.63, 3.8) is 0 Å². The molecule has 0 aromatic heterocycles. The topological polar surface area (TPSA) is 17.1 Å². The first-order chi connectivity index (χ1) is 6.77. The van der Waals surface area contributed by atoms with Crippen LogP contribution in [0.4, 0.5) is 0 Å². The summed E-state index contributed by atoms with van der Waals surface area (Å²) in [7, 11) is 0. The van der Waals surface area contributed by atoms with Gasteiger partial charge in [-0.25, -0.2) is 0 Å². The van der Waals surface area contributed by atoms with E-state index in [1.807, 2.05) is 0 Å². The summed E-state index contributed by atoms with van der Waals surface area (Å²) in [6.45, 7) is 5.61. The van der Waals surface area contributed by atoms with Gasteiger partial charge in [0.25, 0.3) is 0 Å². The van der Waals surface area contributed by atoms with E-state index in [-0.39, 0.29) is 35.3 Å². The van der Waals surface area contributed by atoms with Gasteiger partial charge in [0.05, 0.1) is 0 Å². The molecular weight excluding hydrogens is 195 g/mol. The Labute approximate surface area is 118 Å². The zero-order chi connectivity index (χ0) is 10.6. The Morgan fingerprint density at radius 1 is 0.867 bits per heavy atom. The summed E-state index contributed by atoms with van der Waals surface area (Å²) in [6, 6.07) is 0. The SMILES string of the molecule is [CH2-]C(=O)CCCCCCCCCCC.[Na+]. The zero-order valence-corrected chi connectivity index (χ0v) is 12.7. The number of hydrogen-bond donors (Lipinski definition) is 0. The molecule has 0 saturated carbocycles. The van der Waals surface area contributed by atoms with Crippen molar-refractivity contribution < 1.29 is 34.4 Å². The molecule has 0 aliphatic heterocycles. The molecule has 0 aromatic rings. The van der Waals surface area contributed by atoms with Crippen LogP contribution in [0.2, 0.25) is 0 Å². The van der Waals surface area contributed by atoms with E-state index < -0.39 is 0 Å². The second-order valence-electron chi connectivity index (χ2n) is 4.12. The van der Waals surface area contributed by atoms with Gasteiger partial charge >= 0.3 is 29.6 Å². The summed E-state index contributed by atoms with van der Waals surface area (Å²) in [6.07, 6.45) is 12.4. The molecule has 1 nitrogen and oxygen atoms in total. The van der Waals surface area contributed by atoms with Crippen LogP contribution in [0, 0.1) is 6.92 Å². The predicted molar refractivity (Wildman–Crippen MR) is 62.2 cm³/mol. The molecule has 0 aliphatic carbocycles. The van der Waals surface area contributed by atoms with Gasteiger partial charge in [-0.2, -0.15) is 0 Å². The molecular formula is C13H25NaO. The minimum absolute atomic E-state index is 0. The second-order valence-corrected chi connectivity index (χ2v) is 4.12. The number of unbranched alkanes of at least 4 members (excludes halogenated alkanes) is 8. The number of Topliss-reactive ketones (excluding diaryl/α,β-unsaturated/α-hetero) is 1. The van der Waals surface area contributed by atoms with Crippen LogP contribution in [0.25, 0.3) is 0 Å². The minimum Gasteiger partial charge on any atom is -0.339 e. The largest absolute Gasteiger partial charge is 1.00 e. The van der Waals surface area contributed by atoms with Gasteiger partial charge in [-0.05, 0) is 18.6 Å². The van der Waals surface area contributed by atoms with Gasteiger partial charge in [-0.15, -0.1) is 0 Å². The van der Waals surface area contributed by atoms with Gasteiger partial charge in [-0.3, -0.25) is 0 Å². The molecule has 0 atom stereocenters. The molecule has 0 radical (unpaired) electrons. The third kappa shape index (κ3) is 17.2. The van der Waals surface area contributed by atoms with Crippen molar-refractivity contribution >= 4 is 5.78 Å². The van der Waals surface area contributed by atoms with E-state index in [0.29, 0.717) is 6.42 Å². The Bertz CT molecular complexity index is 134. The predicted octanol–water partition coefficient (Wildman–Crippen LogP) is 1.31. The number of rotatable bonds is 10. The van der Waals surface area contributed by atoms with Crippen LogP contribution < -0.4 is 29.6 Å². The Hall–Kier alpha value is 0.540. The van der Waals surface area contributed by atoms with Crippen molar-refractivity contribution in [2.45, 2.75) is 71.1 Å². The summed E-state index contributed by atoms with van der Waals surface area (Å²) in [5, 5.41) is 0. The Kier molecular flexibility index (Phi) is 17.4. The minimum atomic E-state index is 0. The summed E-state index contributed by atoms with van der Waals surface area (Å²) in [5.41, 5.74) is 0. The molecule has 0 rings (SSSR count). The van der Waals surface area contributed by atoms with Crippen molar-refractivity contribution in [1.82, 2.24) is 0 Å². The van der Waals surface area contributed by atoms with E-state index in [1.165, 1.54) is 51.4 Å². The molecule has 0 aliphatic rings. The molecule has 0 aromatic carbocycles. The van der Waals surface area contributed by atoms with E-state index in [2.05, 4.69) is 13.8 Å². The fraction of sp³-hybridized carbons (Fsp3) is 0.846. The van der Waals surface area contributed by atoms with Gasteiger partial charge in [0.1, 0.15) is 0 Å². The average Bonchev–Trinajstić information content (AvgIpc) is 2.15. The van der Waals surface area contributed by atoms with Gasteiger partial charge in [0.2, 0.25) is 0 Å². The smallest absolute Gasteiger partial charge is 0.339 e. The van der Waals surface area contributed by atoms with E-state index in [9.17, 15) is 4.79 Å². The maximum absolute atomic E-state index is 10.5. The zero-order valence-electron chi connectivity index (χ0n) is 10.7. The van der Waals surface area contributed by atoms with Crippen LogP contribution in [-0.4, -0.2) is 5.78 Å². The standard InChI is InChI=1S/C13H25O.Na/c1-3-4-5-6-7-8-9-10-11-12-13(2)14;/h2-12H2,1H3;/q-1;+1. The maximum atomic E-state index is 10.5. The van der Waals surface area contributed by atoms with Crippen LogP contribution in [0.3, 0.4) is 0 Å². The molecule has 0 saturated heterocycles. The van der Waals surface area contributed by atoms with Gasteiger partial charge in [0, 0.05) is 0 Å². The molecule has 0 spiro atoms. The summed E-state index contributed by atoms with van der Waals surface area (Å²) in [5.74, 6) is 0.0907. The average molecular weight is 220 g/mol. The number of carbonyl (C=O) groups is 1. The fourth-order valence-electron chi connectivity index (χ4n) is 1.63. The van der Waals surface area contributed by atoms with Crippen LogP contribution >= 0.6 is 0 Å².